The van der Waals surface area contributed by atoms with Crippen molar-refractivity contribution >= 4 is 17.1 Å². The summed E-state index contributed by atoms with van der Waals surface area (Å²) in [6.07, 6.45) is 4.11. The van der Waals surface area contributed by atoms with E-state index in [4.69, 9.17) is 9.72 Å². The van der Waals surface area contributed by atoms with E-state index in [0.29, 0.717) is 19.5 Å². The lowest BCUT2D eigenvalue weighted by Crippen LogP contribution is -2.49. The van der Waals surface area contributed by atoms with Gasteiger partial charge in [-0.1, -0.05) is 6.07 Å². The third kappa shape index (κ3) is 6.16. The minimum atomic E-state index is -0.473. The fraction of sp³-hybridized carbons (Fsp3) is 0.414. The molecule has 1 N–H and O–H groups in total. The Morgan fingerprint density at radius 1 is 1.03 bits per heavy atom. The molecule has 0 unspecified atom stereocenters. The van der Waals surface area contributed by atoms with E-state index in [1.165, 1.54) is 5.56 Å². The zero-order valence-electron chi connectivity index (χ0n) is 22.8. The topological polar surface area (TPSA) is 100 Å². The van der Waals surface area contributed by atoms with Crippen LogP contribution in [0.5, 0.6) is 0 Å². The van der Waals surface area contributed by atoms with E-state index in [-0.39, 0.29) is 6.09 Å². The number of piperazine rings is 1. The molecule has 1 amide bonds. The molecule has 4 aromatic rings. The number of ether oxygens (including phenoxy) is 1. The third-order valence-corrected chi connectivity index (χ3v) is 6.56. The number of carbonyl (C=O) groups is 1. The largest absolute Gasteiger partial charge is 0.444 e. The molecule has 0 saturated carbocycles. The molecule has 5 rings (SSSR count). The molecule has 1 aromatic carbocycles. The highest BCUT2D eigenvalue weighted by Gasteiger charge is 2.25. The van der Waals surface area contributed by atoms with Gasteiger partial charge in [0.1, 0.15) is 17.2 Å². The molecule has 0 spiro atoms. The number of nitrogens with one attached hydrogen (secondary N) is 1. The van der Waals surface area contributed by atoms with Crippen molar-refractivity contribution in [2.75, 3.05) is 26.2 Å². The Kier molecular flexibility index (Phi) is 7.12. The summed E-state index contributed by atoms with van der Waals surface area (Å²) in [7, 11) is 0. The zero-order chi connectivity index (χ0) is 26.9. The second-order valence-corrected chi connectivity index (χ2v) is 10.9. The highest BCUT2D eigenvalue weighted by Crippen LogP contribution is 2.25. The van der Waals surface area contributed by atoms with Gasteiger partial charge >= 0.3 is 6.09 Å². The lowest BCUT2D eigenvalue weighted by molar-refractivity contribution is 0.0139. The molecule has 38 heavy (non-hydrogen) atoms. The summed E-state index contributed by atoms with van der Waals surface area (Å²) >= 11 is 0. The molecule has 1 fully saturated rings. The third-order valence-electron chi connectivity index (χ3n) is 6.56. The molecule has 0 bridgehead atoms. The van der Waals surface area contributed by atoms with E-state index in [9.17, 15) is 4.79 Å². The monoisotopic (exact) mass is 513 g/mol. The van der Waals surface area contributed by atoms with E-state index in [1.54, 1.807) is 4.90 Å². The van der Waals surface area contributed by atoms with E-state index in [1.807, 2.05) is 53.1 Å². The van der Waals surface area contributed by atoms with Crippen LogP contribution in [0, 0.1) is 13.8 Å². The quantitative estimate of drug-likeness (QED) is 0.414. The van der Waals surface area contributed by atoms with E-state index in [2.05, 4.69) is 49.1 Å². The zero-order valence-corrected chi connectivity index (χ0v) is 22.8. The molecule has 1 aliphatic heterocycles. The molecule has 1 saturated heterocycles. The summed E-state index contributed by atoms with van der Waals surface area (Å²) in [4.78, 5) is 38.2. The van der Waals surface area contributed by atoms with Crippen molar-refractivity contribution in [3.8, 4) is 11.3 Å². The number of aromatic nitrogens is 5. The van der Waals surface area contributed by atoms with Gasteiger partial charge in [-0.15, -0.1) is 0 Å². The standard InChI is InChI=1S/C29H35N7O2/c1-19-17-31-20(2)32-27(19)22-6-7-24-25(15-22)34-26(33-24)16-23-14-21(8-9-30-23)18-35-10-12-36(13-11-35)28(37)38-29(3,4)5/h6-9,14-15,17H,10-13,16,18H2,1-5H3,(H,33,34). The normalized spacial score (nSPS) is 14.7. The van der Waals surface area contributed by atoms with Gasteiger partial charge in [-0.25, -0.2) is 19.7 Å². The number of imidazole rings is 1. The minimum Gasteiger partial charge on any atom is -0.444 e. The van der Waals surface area contributed by atoms with Gasteiger partial charge < -0.3 is 14.6 Å². The van der Waals surface area contributed by atoms with Crippen molar-refractivity contribution in [2.45, 2.75) is 53.2 Å². The number of hydrogen-bond acceptors (Lipinski definition) is 7. The number of rotatable bonds is 5. The molecular weight excluding hydrogens is 478 g/mol. The Bertz CT molecular complexity index is 1450. The lowest BCUT2D eigenvalue weighted by atomic mass is 10.1. The number of amides is 1. The van der Waals surface area contributed by atoms with Crippen LogP contribution >= 0.6 is 0 Å². The van der Waals surface area contributed by atoms with E-state index < -0.39 is 5.60 Å². The predicted octanol–water partition coefficient (Wildman–Crippen LogP) is 4.68. The van der Waals surface area contributed by atoms with Crippen LogP contribution in [-0.2, 0) is 17.7 Å². The molecule has 1 aliphatic rings. The number of carbonyl (C=O) groups excluding carboxylic acids is 1. The van der Waals surface area contributed by atoms with Crippen LogP contribution in [0.1, 0.15) is 49.2 Å². The van der Waals surface area contributed by atoms with Crippen LogP contribution in [0.4, 0.5) is 4.79 Å². The Balaban J connectivity index is 1.22. The molecule has 0 aliphatic carbocycles. The highest BCUT2D eigenvalue weighted by molar-refractivity contribution is 5.81. The first kappa shape index (κ1) is 25.8. The number of hydrogen-bond donors (Lipinski definition) is 1. The molecule has 198 valence electrons. The lowest BCUT2D eigenvalue weighted by Gasteiger charge is -2.35. The van der Waals surface area contributed by atoms with E-state index in [0.717, 1.165) is 64.8 Å². The molecular formula is C29H35N7O2. The Morgan fingerprint density at radius 2 is 1.82 bits per heavy atom. The first-order valence-corrected chi connectivity index (χ1v) is 13.1. The summed E-state index contributed by atoms with van der Waals surface area (Å²) in [5, 5.41) is 0. The second kappa shape index (κ2) is 10.5. The van der Waals surface area contributed by atoms with Crippen molar-refractivity contribution < 1.29 is 9.53 Å². The Labute approximate surface area is 223 Å². The number of aryl methyl sites for hydroxylation is 2. The van der Waals surface area contributed by atoms with E-state index >= 15 is 0 Å². The summed E-state index contributed by atoms with van der Waals surface area (Å²) in [6, 6.07) is 10.4. The van der Waals surface area contributed by atoms with Crippen molar-refractivity contribution in [1.82, 2.24) is 34.7 Å². The summed E-state index contributed by atoms with van der Waals surface area (Å²) in [5.74, 6) is 1.63. The fourth-order valence-corrected chi connectivity index (χ4v) is 4.68. The van der Waals surface area contributed by atoms with Crippen molar-refractivity contribution in [3.63, 3.8) is 0 Å². The number of pyridine rings is 1. The maximum Gasteiger partial charge on any atom is 0.410 e. The molecule has 0 atom stereocenters. The molecule has 3 aromatic heterocycles. The maximum atomic E-state index is 12.3. The number of fused-ring (bicyclic) bond motifs is 1. The predicted molar refractivity (Wildman–Crippen MR) is 147 cm³/mol. The van der Waals surface area contributed by atoms with Gasteiger partial charge in [0.2, 0.25) is 0 Å². The van der Waals surface area contributed by atoms with Crippen molar-refractivity contribution in [2.24, 2.45) is 0 Å². The minimum absolute atomic E-state index is 0.233. The number of nitrogens with zero attached hydrogens (tertiary/aromatic N) is 6. The molecule has 9 heteroatoms. The summed E-state index contributed by atoms with van der Waals surface area (Å²) in [5.41, 5.74) is 6.63. The number of H-pyrrole nitrogens is 1. The van der Waals surface area contributed by atoms with Crippen molar-refractivity contribution in [3.05, 3.63) is 71.2 Å². The van der Waals surface area contributed by atoms with Crippen LogP contribution < -0.4 is 0 Å². The van der Waals surface area contributed by atoms with Crippen molar-refractivity contribution in [1.29, 1.82) is 0 Å². The molecule has 4 heterocycles. The van der Waals surface area contributed by atoms with Crippen LogP contribution in [0.3, 0.4) is 0 Å². The number of aromatic amines is 1. The van der Waals surface area contributed by atoms with Gasteiger partial charge in [-0.3, -0.25) is 9.88 Å². The van der Waals surface area contributed by atoms with Crippen LogP contribution in [-0.4, -0.2) is 72.6 Å². The Morgan fingerprint density at radius 3 is 2.58 bits per heavy atom. The van der Waals surface area contributed by atoms with Gasteiger partial charge in [-0.05, 0) is 70.0 Å². The average Bonchev–Trinajstić information content (AvgIpc) is 3.26. The van der Waals surface area contributed by atoms with Gasteiger partial charge in [-0.2, -0.15) is 0 Å². The molecule has 9 nitrogen and oxygen atoms in total. The van der Waals surface area contributed by atoms with Gasteiger partial charge in [0.25, 0.3) is 0 Å². The highest BCUT2D eigenvalue weighted by atomic mass is 16.6. The van der Waals surface area contributed by atoms with Gasteiger partial charge in [0, 0.05) is 62.8 Å². The van der Waals surface area contributed by atoms with Crippen LogP contribution in [0.15, 0.2) is 42.7 Å². The van der Waals surface area contributed by atoms with Crippen LogP contribution in [0.2, 0.25) is 0 Å². The van der Waals surface area contributed by atoms with Gasteiger partial charge in [0.15, 0.2) is 0 Å². The summed E-state index contributed by atoms with van der Waals surface area (Å²) < 4.78 is 5.51. The first-order chi connectivity index (χ1) is 18.1. The smallest absolute Gasteiger partial charge is 0.410 e. The van der Waals surface area contributed by atoms with Gasteiger partial charge in [0.05, 0.1) is 16.7 Å². The average molecular weight is 514 g/mol. The second-order valence-electron chi connectivity index (χ2n) is 10.9. The first-order valence-electron chi connectivity index (χ1n) is 13.1. The summed E-state index contributed by atoms with van der Waals surface area (Å²) in [6.45, 7) is 13.4. The maximum absolute atomic E-state index is 12.3. The fourth-order valence-electron chi connectivity index (χ4n) is 4.68. The SMILES string of the molecule is Cc1ncc(C)c(-c2ccc3nc(Cc4cc(CN5CCN(C(=O)OC(C)(C)C)CC5)ccn4)[nH]c3c2)n1. The molecule has 0 radical (unpaired) electrons. The van der Waals surface area contributed by atoms with Crippen LogP contribution in [0.25, 0.3) is 22.3 Å². The number of benzene rings is 1. The Hall–Kier alpha value is -3.85.